The number of imidazole rings is 1. The Morgan fingerprint density at radius 1 is 1.47 bits per heavy atom. The molecular formula is C13H13N5O. The lowest BCUT2D eigenvalue weighted by Crippen LogP contribution is -2.28. The molecule has 2 aromatic rings. The van der Waals surface area contributed by atoms with Crippen molar-refractivity contribution in [2.75, 3.05) is 7.05 Å². The Labute approximate surface area is 110 Å². The van der Waals surface area contributed by atoms with E-state index in [1.165, 1.54) is 11.1 Å². The molecule has 1 amide bonds. The van der Waals surface area contributed by atoms with Gasteiger partial charge >= 0.3 is 0 Å². The van der Waals surface area contributed by atoms with Gasteiger partial charge in [-0.15, -0.1) is 0 Å². The lowest BCUT2D eigenvalue weighted by molar-refractivity contribution is 0.0774. The molecule has 0 bridgehead atoms. The molecule has 0 aliphatic carbocycles. The maximum Gasteiger partial charge on any atom is 0.272 e. The van der Waals surface area contributed by atoms with Crippen LogP contribution in [-0.2, 0) is 13.6 Å². The van der Waals surface area contributed by atoms with Crippen LogP contribution >= 0.6 is 0 Å². The van der Waals surface area contributed by atoms with Crippen LogP contribution in [0.4, 0.5) is 0 Å². The highest BCUT2D eigenvalue weighted by atomic mass is 16.2. The summed E-state index contributed by atoms with van der Waals surface area (Å²) in [5, 5.41) is 8.68. The first-order valence-electron chi connectivity index (χ1n) is 5.69. The molecule has 0 N–H and O–H groups in total. The molecule has 96 valence electrons. The second-order valence-corrected chi connectivity index (χ2v) is 4.16. The lowest BCUT2D eigenvalue weighted by atomic mass is 10.2. The molecule has 19 heavy (non-hydrogen) atoms. The van der Waals surface area contributed by atoms with Crippen molar-refractivity contribution in [3.8, 4) is 6.07 Å². The summed E-state index contributed by atoms with van der Waals surface area (Å²) in [4.78, 5) is 21.8. The molecule has 0 unspecified atom stereocenters. The standard InChI is InChI=1S/C13H13N5O/c1-17-6-5-15-12(17)9-18(2)13(19)11-4-3-10(7-14)8-16-11/h3-6,8H,9H2,1-2H3. The fraction of sp³-hybridized carbons (Fsp3) is 0.231. The Bertz CT molecular complexity index is 623. The molecule has 0 aliphatic heterocycles. The maximum absolute atomic E-state index is 12.1. The molecule has 0 spiro atoms. The van der Waals surface area contributed by atoms with Gasteiger partial charge in [0.15, 0.2) is 0 Å². The Morgan fingerprint density at radius 3 is 2.79 bits per heavy atom. The average Bonchev–Trinajstić information content (AvgIpc) is 2.83. The normalized spacial score (nSPS) is 9.95. The highest BCUT2D eigenvalue weighted by molar-refractivity contribution is 5.92. The fourth-order valence-corrected chi connectivity index (χ4v) is 1.61. The molecule has 0 aliphatic rings. The zero-order chi connectivity index (χ0) is 13.8. The Morgan fingerprint density at radius 2 is 2.26 bits per heavy atom. The molecule has 0 aromatic carbocycles. The van der Waals surface area contributed by atoms with Gasteiger partial charge in [0.05, 0.1) is 12.1 Å². The van der Waals surface area contributed by atoms with Crippen LogP contribution in [0, 0.1) is 11.3 Å². The highest BCUT2D eigenvalue weighted by Crippen LogP contribution is 2.06. The zero-order valence-electron chi connectivity index (χ0n) is 10.7. The van der Waals surface area contributed by atoms with Crippen molar-refractivity contribution in [1.29, 1.82) is 5.26 Å². The quantitative estimate of drug-likeness (QED) is 0.818. The monoisotopic (exact) mass is 255 g/mol. The van der Waals surface area contributed by atoms with E-state index in [4.69, 9.17) is 5.26 Å². The molecule has 0 atom stereocenters. The third-order valence-corrected chi connectivity index (χ3v) is 2.76. The smallest absolute Gasteiger partial charge is 0.272 e. The van der Waals surface area contributed by atoms with Crippen molar-refractivity contribution in [2.24, 2.45) is 7.05 Å². The first-order chi connectivity index (χ1) is 9.11. The minimum absolute atomic E-state index is 0.201. The van der Waals surface area contributed by atoms with E-state index >= 15 is 0 Å². The van der Waals surface area contributed by atoms with Crippen molar-refractivity contribution in [3.05, 3.63) is 47.8 Å². The number of aryl methyl sites for hydroxylation is 1. The van der Waals surface area contributed by atoms with Gasteiger partial charge in [0.25, 0.3) is 5.91 Å². The topological polar surface area (TPSA) is 74.8 Å². The van der Waals surface area contributed by atoms with Crippen molar-refractivity contribution < 1.29 is 4.79 Å². The van der Waals surface area contributed by atoms with Crippen LogP contribution in [0.15, 0.2) is 30.7 Å². The molecule has 0 fully saturated rings. The SMILES string of the molecule is CN(Cc1nccn1C)C(=O)c1ccc(C#N)cn1. The number of aromatic nitrogens is 3. The van der Waals surface area contributed by atoms with E-state index < -0.39 is 0 Å². The summed E-state index contributed by atoms with van der Waals surface area (Å²) in [6, 6.07) is 5.10. The zero-order valence-corrected chi connectivity index (χ0v) is 10.7. The number of amides is 1. The number of hydrogen-bond donors (Lipinski definition) is 0. The van der Waals surface area contributed by atoms with Crippen molar-refractivity contribution in [3.63, 3.8) is 0 Å². The van der Waals surface area contributed by atoms with Gasteiger partial charge in [-0.1, -0.05) is 0 Å². The summed E-state index contributed by atoms with van der Waals surface area (Å²) in [7, 11) is 3.57. The minimum Gasteiger partial charge on any atom is -0.337 e. The van der Waals surface area contributed by atoms with Crippen LogP contribution in [0.5, 0.6) is 0 Å². The predicted octanol–water partition coefficient (Wildman–Crippen LogP) is 0.959. The summed E-state index contributed by atoms with van der Waals surface area (Å²) in [6.07, 6.45) is 4.91. The number of nitrogens with zero attached hydrogens (tertiary/aromatic N) is 5. The molecule has 2 heterocycles. The Kier molecular flexibility index (Phi) is 3.57. The number of hydrogen-bond acceptors (Lipinski definition) is 4. The molecule has 0 radical (unpaired) electrons. The molecule has 0 saturated carbocycles. The largest absolute Gasteiger partial charge is 0.337 e. The first kappa shape index (κ1) is 12.8. The summed E-state index contributed by atoms with van der Waals surface area (Å²) in [6.45, 7) is 0.407. The van der Waals surface area contributed by atoms with Crippen LogP contribution in [0.3, 0.4) is 0 Å². The average molecular weight is 255 g/mol. The molecular weight excluding hydrogens is 242 g/mol. The molecule has 6 nitrogen and oxygen atoms in total. The number of carbonyl (C=O) groups excluding carboxylic acids is 1. The van der Waals surface area contributed by atoms with E-state index in [9.17, 15) is 4.79 Å². The van der Waals surface area contributed by atoms with Crippen LogP contribution in [-0.4, -0.2) is 32.4 Å². The Balaban J connectivity index is 2.10. The van der Waals surface area contributed by atoms with Crippen molar-refractivity contribution in [2.45, 2.75) is 6.54 Å². The van der Waals surface area contributed by atoms with Gasteiger partial charge in [-0.25, -0.2) is 9.97 Å². The van der Waals surface area contributed by atoms with Gasteiger partial charge in [0, 0.05) is 32.7 Å². The summed E-state index contributed by atoms with van der Waals surface area (Å²) < 4.78 is 1.86. The molecule has 2 aromatic heterocycles. The first-order valence-corrected chi connectivity index (χ1v) is 5.69. The number of carbonyl (C=O) groups is 1. The fourth-order valence-electron chi connectivity index (χ4n) is 1.61. The van der Waals surface area contributed by atoms with E-state index in [-0.39, 0.29) is 5.91 Å². The van der Waals surface area contributed by atoms with Gasteiger partial charge in [-0.3, -0.25) is 4.79 Å². The summed E-state index contributed by atoms with van der Waals surface area (Å²) in [5.41, 5.74) is 0.749. The number of pyridine rings is 1. The van der Waals surface area contributed by atoms with Crippen LogP contribution in [0.2, 0.25) is 0 Å². The van der Waals surface area contributed by atoms with Crippen LogP contribution in [0.1, 0.15) is 21.9 Å². The van der Waals surface area contributed by atoms with Crippen molar-refractivity contribution >= 4 is 5.91 Å². The van der Waals surface area contributed by atoms with Gasteiger partial charge < -0.3 is 9.47 Å². The third-order valence-electron chi connectivity index (χ3n) is 2.76. The van der Waals surface area contributed by atoms with Gasteiger partial charge in [-0.2, -0.15) is 5.26 Å². The minimum atomic E-state index is -0.201. The van der Waals surface area contributed by atoms with Gasteiger partial charge in [0.1, 0.15) is 17.6 Å². The summed E-state index contributed by atoms with van der Waals surface area (Å²) >= 11 is 0. The van der Waals surface area contributed by atoms with E-state index in [0.29, 0.717) is 17.8 Å². The van der Waals surface area contributed by atoms with Crippen LogP contribution < -0.4 is 0 Å². The summed E-state index contributed by atoms with van der Waals surface area (Å²) in [5.74, 6) is 0.594. The van der Waals surface area contributed by atoms with Gasteiger partial charge in [0.2, 0.25) is 0 Å². The Hall–Kier alpha value is -2.68. The predicted molar refractivity (Wildman–Crippen MR) is 68.0 cm³/mol. The number of rotatable bonds is 3. The van der Waals surface area contributed by atoms with Gasteiger partial charge in [-0.05, 0) is 12.1 Å². The molecule has 2 rings (SSSR count). The second kappa shape index (κ2) is 5.31. The second-order valence-electron chi connectivity index (χ2n) is 4.16. The van der Waals surface area contributed by atoms with E-state index in [1.807, 2.05) is 23.9 Å². The third kappa shape index (κ3) is 2.77. The van der Waals surface area contributed by atoms with E-state index in [2.05, 4.69) is 9.97 Å². The lowest BCUT2D eigenvalue weighted by Gasteiger charge is -2.16. The van der Waals surface area contributed by atoms with E-state index in [0.717, 1.165) is 5.82 Å². The van der Waals surface area contributed by atoms with Crippen molar-refractivity contribution in [1.82, 2.24) is 19.4 Å². The number of nitriles is 1. The maximum atomic E-state index is 12.1. The van der Waals surface area contributed by atoms with Crippen LogP contribution in [0.25, 0.3) is 0 Å². The van der Waals surface area contributed by atoms with E-state index in [1.54, 1.807) is 25.4 Å². The molecule has 6 heteroatoms. The molecule has 0 saturated heterocycles. The highest BCUT2D eigenvalue weighted by Gasteiger charge is 2.14.